The number of sulfonamides is 1. The number of primary sulfonamides is 1. The van der Waals surface area contributed by atoms with Crippen molar-refractivity contribution in [1.29, 1.82) is 0 Å². The SMILES string of the molecule is COc1cc(-c2ccccc2-c2ccc(S(N)(=O)=O)cc2)cc(OC)c1N(C)C. The molecule has 0 aromatic heterocycles. The Kier molecular flexibility index (Phi) is 5.81. The van der Waals surface area contributed by atoms with Gasteiger partial charge in [0.1, 0.15) is 17.2 Å². The normalized spacial score (nSPS) is 11.2. The van der Waals surface area contributed by atoms with Gasteiger partial charge in [0.2, 0.25) is 10.0 Å². The van der Waals surface area contributed by atoms with Gasteiger partial charge in [-0.25, -0.2) is 13.6 Å². The zero-order valence-corrected chi connectivity index (χ0v) is 17.7. The lowest BCUT2D eigenvalue weighted by atomic mass is 9.94. The molecule has 0 atom stereocenters. The van der Waals surface area contributed by atoms with Crippen LogP contribution in [0, 0.1) is 0 Å². The zero-order valence-electron chi connectivity index (χ0n) is 16.8. The summed E-state index contributed by atoms with van der Waals surface area (Å²) in [5.41, 5.74) is 4.58. The molecule has 0 fully saturated rings. The number of ether oxygens (including phenoxy) is 2. The maximum atomic E-state index is 11.5. The molecule has 0 saturated heterocycles. The van der Waals surface area contributed by atoms with Crippen LogP contribution < -0.4 is 19.5 Å². The van der Waals surface area contributed by atoms with Crippen LogP contribution >= 0.6 is 0 Å². The third-order valence-corrected chi connectivity index (χ3v) is 5.59. The maximum absolute atomic E-state index is 11.5. The summed E-state index contributed by atoms with van der Waals surface area (Å²) in [5.74, 6) is 1.40. The highest BCUT2D eigenvalue weighted by Gasteiger charge is 2.17. The van der Waals surface area contributed by atoms with Crippen molar-refractivity contribution < 1.29 is 17.9 Å². The summed E-state index contributed by atoms with van der Waals surface area (Å²) in [7, 11) is 3.39. The summed E-state index contributed by atoms with van der Waals surface area (Å²) in [4.78, 5) is 2.02. The van der Waals surface area contributed by atoms with E-state index in [0.717, 1.165) is 27.9 Å². The average Bonchev–Trinajstić information content (AvgIpc) is 2.72. The first-order valence-corrected chi connectivity index (χ1v) is 10.5. The molecule has 0 aliphatic rings. The number of rotatable bonds is 6. The molecular weight excluding hydrogens is 388 g/mol. The van der Waals surface area contributed by atoms with Crippen molar-refractivity contribution >= 4 is 15.7 Å². The summed E-state index contributed by atoms with van der Waals surface area (Å²) in [5, 5.41) is 5.21. The number of methoxy groups -OCH3 is 2. The van der Waals surface area contributed by atoms with Gasteiger partial charge in [0.15, 0.2) is 0 Å². The van der Waals surface area contributed by atoms with E-state index >= 15 is 0 Å². The third kappa shape index (κ3) is 4.21. The highest BCUT2D eigenvalue weighted by Crippen LogP contribution is 2.43. The molecule has 0 aliphatic carbocycles. The number of nitrogens with zero attached hydrogens (tertiary/aromatic N) is 1. The molecule has 0 saturated carbocycles. The van der Waals surface area contributed by atoms with E-state index in [4.69, 9.17) is 14.6 Å². The summed E-state index contributed by atoms with van der Waals surface area (Å²) < 4.78 is 34.3. The van der Waals surface area contributed by atoms with Crippen molar-refractivity contribution in [2.45, 2.75) is 4.90 Å². The largest absolute Gasteiger partial charge is 0.494 e. The van der Waals surface area contributed by atoms with Crippen molar-refractivity contribution in [3.05, 3.63) is 60.7 Å². The quantitative estimate of drug-likeness (QED) is 0.667. The lowest BCUT2D eigenvalue weighted by Gasteiger charge is -2.21. The van der Waals surface area contributed by atoms with E-state index in [1.807, 2.05) is 55.4 Å². The van der Waals surface area contributed by atoms with Crippen molar-refractivity contribution in [2.75, 3.05) is 33.2 Å². The Morgan fingerprint density at radius 1 is 0.793 bits per heavy atom. The maximum Gasteiger partial charge on any atom is 0.238 e. The van der Waals surface area contributed by atoms with Crippen LogP contribution in [-0.2, 0) is 10.0 Å². The average molecular weight is 413 g/mol. The van der Waals surface area contributed by atoms with Gasteiger partial charge in [-0.2, -0.15) is 0 Å². The van der Waals surface area contributed by atoms with E-state index in [-0.39, 0.29) is 4.90 Å². The summed E-state index contributed by atoms with van der Waals surface area (Å²) in [6.07, 6.45) is 0. The Balaban J connectivity index is 2.17. The number of nitrogens with two attached hydrogens (primary N) is 1. The van der Waals surface area contributed by atoms with Gasteiger partial charge in [0.25, 0.3) is 0 Å². The summed E-state index contributed by atoms with van der Waals surface area (Å²) in [6.45, 7) is 0. The van der Waals surface area contributed by atoms with Crippen LogP contribution in [0.3, 0.4) is 0 Å². The van der Waals surface area contributed by atoms with Gasteiger partial charge in [-0.3, -0.25) is 0 Å². The van der Waals surface area contributed by atoms with Gasteiger partial charge in [0.05, 0.1) is 19.1 Å². The molecule has 3 aromatic carbocycles. The molecule has 3 rings (SSSR count). The molecule has 0 spiro atoms. The Labute approximate surface area is 171 Å². The minimum absolute atomic E-state index is 0.0809. The van der Waals surface area contributed by atoms with E-state index in [1.165, 1.54) is 12.1 Å². The first-order valence-electron chi connectivity index (χ1n) is 8.92. The second-order valence-electron chi connectivity index (χ2n) is 6.74. The lowest BCUT2D eigenvalue weighted by Crippen LogP contribution is -2.12. The molecule has 0 aliphatic heterocycles. The molecule has 0 heterocycles. The van der Waals surface area contributed by atoms with Gasteiger partial charge in [-0.1, -0.05) is 36.4 Å². The van der Waals surface area contributed by atoms with Gasteiger partial charge in [0, 0.05) is 14.1 Å². The first kappa shape index (κ1) is 20.7. The Bertz CT molecular complexity index is 1100. The topological polar surface area (TPSA) is 81.9 Å². The molecule has 29 heavy (non-hydrogen) atoms. The van der Waals surface area contributed by atoms with Crippen LogP contribution in [0.1, 0.15) is 0 Å². The molecule has 0 radical (unpaired) electrons. The van der Waals surface area contributed by atoms with Gasteiger partial charge in [-0.15, -0.1) is 0 Å². The highest BCUT2D eigenvalue weighted by molar-refractivity contribution is 7.89. The number of hydrogen-bond acceptors (Lipinski definition) is 5. The highest BCUT2D eigenvalue weighted by atomic mass is 32.2. The Morgan fingerprint density at radius 3 is 1.69 bits per heavy atom. The predicted octanol–water partition coefficient (Wildman–Crippen LogP) is 3.75. The number of benzene rings is 3. The Hall–Kier alpha value is -3.03. The minimum atomic E-state index is -3.73. The fourth-order valence-corrected chi connectivity index (χ4v) is 3.82. The van der Waals surface area contributed by atoms with Crippen LogP contribution in [0.2, 0.25) is 0 Å². The van der Waals surface area contributed by atoms with E-state index in [1.54, 1.807) is 26.4 Å². The van der Waals surface area contributed by atoms with Gasteiger partial charge < -0.3 is 14.4 Å². The summed E-state index contributed by atoms with van der Waals surface area (Å²) in [6, 6.07) is 18.3. The smallest absolute Gasteiger partial charge is 0.238 e. The monoisotopic (exact) mass is 412 g/mol. The van der Waals surface area contributed by atoms with Crippen molar-refractivity contribution in [2.24, 2.45) is 5.14 Å². The van der Waals surface area contributed by atoms with Crippen molar-refractivity contribution in [3.8, 4) is 33.8 Å². The van der Waals surface area contributed by atoms with Crippen molar-refractivity contribution in [1.82, 2.24) is 0 Å². The van der Waals surface area contributed by atoms with E-state index in [2.05, 4.69) is 0 Å². The molecule has 3 aromatic rings. The second-order valence-corrected chi connectivity index (χ2v) is 8.30. The second kappa shape index (κ2) is 8.14. The van der Waals surface area contributed by atoms with Crippen LogP contribution in [0.15, 0.2) is 65.6 Å². The van der Waals surface area contributed by atoms with Crippen LogP contribution in [-0.4, -0.2) is 36.7 Å². The van der Waals surface area contributed by atoms with E-state index in [9.17, 15) is 8.42 Å². The van der Waals surface area contributed by atoms with E-state index in [0.29, 0.717) is 11.5 Å². The standard InChI is InChI=1S/C22H24N2O4S/c1-24(2)22-20(27-3)13-16(14-21(22)28-4)19-8-6-5-7-18(19)15-9-11-17(12-10-15)29(23,25)26/h5-14H,1-4H3,(H2,23,25,26). The molecule has 0 amide bonds. The zero-order chi connectivity index (χ0) is 21.2. The predicted molar refractivity (Wildman–Crippen MR) is 116 cm³/mol. The van der Waals surface area contributed by atoms with Crippen LogP contribution in [0.5, 0.6) is 11.5 Å². The first-order chi connectivity index (χ1) is 13.8. The molecule has 0 bridgehead atoms. The third-order valence-electron chi connectivity index (χ3n) is 4.66. The number of anilines is 1. The molecule has 6 nitrogen and oxygen atoms in total. The molecule has 152 valence electrons. The summed E-state index contributed by atoms with van der Waals surface area (Å²) >= 11 is 0. The van der Waals surface area contributed by atoms with Gasteiger partial charge >= 0.3 is 0 Å². The fourth-order valence-electron chi connectivity index (χ4n) is 3.30. The molecule has 0 unspecified atom stereocenters. The molecule has 2 N–H and O–H groups in total. The molecular formula is C22H24N2O4S. The van der Waals surface area contributed by atoms with Crippen LogP contribution in [0.25, 0.3) is 22.3 Å². The lowest BCUT2D eigenvalue weighted by molar-refractivity contribution is 0.396. The van der Waals surface area contributed by atoms with Crippen molar-refractivity contribution in [3.63, 3.8) is 0 Å². The van der Waals surface area contributed by atoms with Gasteiger partial charge in [-0.05, 0) is 46.5 Å². The Morgan fingerprint density at radius 2 is 1.28 bits per heavy atom. The van der Waals surface area contributed by atoms with Crippen LogP contribution in [0.4, 0.5) is 5.69 Å². The fraction of sp³-hybridized carbons (Fsp3) is 0.182. The molecule has 7 heteroatoms. The minimum Gasteiger partial charge on any atom is -0.494 e. The van der Waals surface area contributed by atoms with E-state index < -0.39 is 10.0 Å². The number of hydrogen-bond donors (Lipinski definition) is 1.